The van der Waals surface area contributed by atoms with Gasteiger partial charge in [-0.1, -0.05) is 13.8 Å². The van der Waals surface area contributed by atoms with Crippen molar-refractivity contribution in [1.29, 1.82) is 0 Å². The van der Waals surface area contributed by atoms with Gasteiger partial charge in [0.15, 0.2) is 31.0 Å². The number of aliphatic hydroxyl groups excluding tert-OH is 1. The normalized spacial score (nSPS) is 19.6. The molecule has 1 radical (unpaired) electrons. The van der Waals surface area contributed by atoms with Crippen molar-refractivity contribution in [2.24, 2.45) is 0 Å². The second-order valence-electron chi connectivity index (χ2n) is 8.79. The first kappa shape index (κ1) is 43.0. The van der Waals surface area contributed by atoms with Crippen LogP contribution in [0.5, 0.6) is 6.01 Å². The summed E-state index contributed by atoms with van der Waals surface area (Å²) in [6.45, 7) is 4.14. The Balaban J connectivity index is 0.000000726. The van der Waals surface area contributed by atoms with Crippen molar-refractivity contribution in [2.75, 3.05) is 48.7 Å². The van der Waals surface area contributed by atoms with Gasteiger partial charge in [0.25, 0.3) is 0 Å². The summed E-state index contributed by atoms with van der Waals surface area (Å²) >= 11 is 7.19. The van der Waals surface area contributed by atoms with Crippen LogP contribution in [0.15, 0.2) is 17.2 Å². The zero-order valence-electron chi connectivity index (χ0n) is 28.4. The Morgan fingerprint density at radius 1 is 1.10 bits per heavy atom. The number of thioether (sulfide) groups is 2. The first-order chi connectivity index (χ1) is 23.5. The van der Waals surface area contributed by atoms with Gasteiger partial charge in [-0.2, -0.15) is 27.6 Å². The molecular weight excluding hydrogens is 934 g/mol. The number of aromatic nitrogens is 4. The molecule has 2 aromatic heterocycles. The number of nitrogens with zero attached hydrogens (tertiary/aromatic N) is 4. The Hall–Kier alpha value is -1.12. The summed E-state index contributed by atoms with van der Waals surface area (Å²) in [5.41, 5.74) is 5.76. The fourth-order valence-corrected chi connectivity index (χ4v) is 5.19. The van der Waals surface area contributed by atoms with E-state index in [1.54, 1.807) is 12.0 Å². The quantitative estimate of drug-likeness (QED) is 0.137. The van der Waals surface area contributed by atoms with Crippen LogP contribution < -0.4 is 21.3 Å². The minimum atomic E-state index is -0.777. The van der Waals surface area contributed by atoms with Gasteiger partial charge >= 0.3 is 23.6 Å². The maximum absolute atomic E-state index is 13.4. The molecule has 15 nitrogen and oxygen atoms in total. The third-order valence-electron chi connectivity index (χ3n) is 5.24. The van der Waals surface area contributed by atoms with E-state index in [4.69, 9.17) is 36.8 Å². The largest absolute Gasteiger partial charge is 0.462 e. The van der Waals surface area contributed by atoms with Crippen molar-refractivity contribution in [3.05, 3.63) is 34.5 Å². The molecule has 5 N–H and O–H groups in total. The topological polar surface area (TPSA) is 213 Å². The van der Waals surface area contributed by atoms with Crippen LogP contribution in [-0.4, -0.2) is 90.9 Å². The van der Waals surface area contributed by atoms with Crippen molar-refractivity contribution in [3.8, 4) is 6.01 Å². The Morgan fingerprint density at radius 2 is 1.71 bits per heavy atom. The Bertz CT molecular complexity index is 1360. The number of nitrogen functional groups attached to an aromatic ring is 2. The Labute approximate surface area is 334 Å². The molecule has 4 rings (SSSR count). The van der Waals surface area contributed by atoms with Crippen molar-refractivity contribution in [1.82, 2.24) is 19.5 Å². The molecule has 269 valence electrons. The van der Waals surface area contributed by atoms with E-state index in [9.17, 15) is 23.2 Å². The number of esters is 2. The van der Waals surface area contributed by atoms with Crippen LogP contribution in [-0.2, 0) is 28.5 Å². The molecule has 2 aliphatic heterocycles. The van der Waals surface area contributed by atoms with Crippen LogP contribution in [0.3, 0.4) is 0 Å². The fourth-order valence-electron chi connectivity index (χ4n) is 3.19. The van der Waals surface area contributed by atoms with Gasteiger partial charge in [-0.3, -0.25) is 14.2 Å². The maximum atomic E-state index is 13.4. The number of ether oxygens (including phenoxy) is 4. The molecule has 4 heterocycles. The second kappa shape index (κ2) is 26.7. The number of thiol groups is 1. The first-order valence-electron chi connectivity index (χ1n) is 15.0. The Morgan fingerprint density at radius 3 is 2.25 bits per heavy atom. The zero-order valence-corrected chi connectivity index (χ0v) is 34.5. The minimum absolute atomic E-state index is 0. The Kier molecular flexibility index (Phi) is 23.9. The van der Waals surface area contributed by atoms with Crippen LogP contribution >= 0.6 is 48.2 Å². The van der Waals surface area contributed by atoms with Crippen molar-refractivity contribution in [3.63, 3.8) is 0 Å². The van der Waals surface area contributed by atoms with Gasteiger partial charge in [0.2, 0.25) is 0 Å². The third kappa shape index (κ3) is 18.2. The van der Waals surface area contributed by atoms with E-state index in [2.05, 4.69) is 27.6 Å². The molecular formula is C26H40AcF2N6O9S4. The number of aliphatic hydroxyl groups is 1. The number of hydrogen-bond acceptors (Lipinski definition) is 18. The van der Waals surface area contributed by atoms with Crippen LogP contribution in [0.4, 0.5) is 20.4 Å². The second-order valence-corrected chi connectivity index (χ2v) is 11.6. The van der Waals surface area contributed by atoms with Crippen molar-refractivity contribution >= 4 is 71.8 Å². The maximum Gasteiger partial charge on any atom is 0.351 e. The summed E-state index contributed by atoms with van der Waals surface area (Å²) in [6, 6.07) is -0.0756. The van der Waals surface area contributed by atoms with Crippen LogP contribution in [0.25, 0.3) is 0 Å². The molecule has 2 unspecified atom stereocenters. The van der Waals surface area contributed by atoms with E-state index in [0.717, 1.165) is 35.4 Å². The smallest absolute Gasteiger partial charge is 0.351 e. The molecule has 2 aliphatic rings. The van der Waals surface area contributed by atoms with Gasteiger partial charge in [0, 0.05) is 76.0 Å². The van der Waals surface area contributed by atoms with E-state index >= 15 is 0 Å². The van der Waals surface area contributed by atoms with E-state index < -0.39 is 35.7 Å². The van der Waals surface area contributed by atoms with Crippen LogP contribution in [0.1, 0.15) is 47.1 Å². The molecule has 0 aliphatic carbocycles. The van der Waals surface area contributed by atoms with Crippen molar-refractivity contribution in [2.45, 2.75) is 62.9 Å². The number of carbonyl (C=O) groups is 2. The number of anilines is 2. The van der Waals surface area contributed by atoms with E-state index in [1.807, 2.05) is 13.8 Å². The van der Waals surface area contributed by atoms with Gasteiger partial charge in [0.05, 0.1) is 24.4 Å². The van der Waals surface area contributed by atoms with Gasteiger partial charge in [0.1, 0.15) is 30.3 Å². The molecule has 0 amide bonds. The van der Waals surface area contributed by atoms with Crippen LogP contribution in [0, 0.1) is 55.7 Å². The predicted octanol–water partition coefficient (Wildman–Crippen LogP) is 3.03. The number of carbonyl (C=O) groups excluding carboxylic acids is 2. The molecule has 2 fully saturated rings. The summed E-state index contributed by atoms with van der Waals surface area (Å²) in [6.07, 6.45) is 4.49. The standard InChI is InChI=1S/C12H16FN3O4S.C8H14O4S.C5H6FN3OS.CH4S.Ac/c1-2-3-9(17)19-5-10-20-8(6-21-10)16-4-7(13)11(14)15-12(16)18;1-2-3-6(9)11-4-8-12-7(10)5-13-8;1-11-10-5-8-2-3(6)4(7)9-5;1-2;/h4,8,10H,2-3,5-6H2,1H3,(H2,14,15,18);7-8,10H,2-5H2,1H3;2H,1H3,(H2,7,8,9);2H,1H3;/t8-,10+;;;;/m0..../s1/i;;1T;;/hT. The predicted molar refractivity (Wildman–Crippen MR) is 180 cm³/mol. The molecule has 0 bridgehead atoms. The minimum Gasteiger partial charge on any atom is -0.462 e. The van der Waals surface area contributed by atoms with Gasteiger partial charge < -0.3 is 39.7 Å². The average molecular weight is 978 g/mol. The van der Waals surface area contributed by atoms with Crippen LogP contribution in [0.2, 0.25) is 1.41 Å². The first-order valence-corrected chi connectivity index (χ1v) is 17.7. The zero-order chi connectivity index (χ0) is 36.8. The number of rotatable bonds is 12. The molecule has 2 saturated heterocycles. The number of nitrogens with two attached hydrogens (primary N) is 2. The molecule has 48 heavy (non-hydrogen) atoms. The molecule has 22 heteroatoms. The summed E-state index contributed by atoms with van der Waals surface area (Å²) in [4.78, 5) is 44.3. The summed E-state index contributed by atoms with van der Waals surface area (Å²) in [7, 11) is 0. The number of halogens is 2. The third-order valence-corrected chi connectivity index (χ3v) is 7.70. The average Bonchev–Trinajstić information content (AvgIpc) is 3.74. The summed E-state index contributed by atoms with van der Waals surface area (Å²) < 4.78 is 65.8. The number of hydrogen-bond donors (Lipinski definition) is 4. The van der Waals surface area contributed by atoms with Gasteiger partial charge in [-0.05, 0) is 19.1 Å². The molecule has 0 saturated carbocycles. The molecule has 0 aromatic carbocycles. The SMILES string of the molecule is CCCC(=O)OCC1OC(O)CS1.CCCC(=O)OC[C@@H]1O[C@H](n2cc(F)c(N)nc2=O)CS1.CS.[3H]CSOc1ncc(F)c(N[3H])n1.[Ac]. The van der Waals surface area contributed by atoms with E-state index in [0.29, 0.717) is 30.8 Å². The molecule has 4 atom stereocenters. The van der Waals surface area contributed by atoms with E-state index in [1.165, 1.54) is 23.5 Å². The monoisotopic (exact) mass is 977 g/mol. The molecule has 2 aromatic rings. The van der Waals surface area contributed by atoms with Gasteiger partial charge in [-0.15, -0.1) is 23.5 Å². The summed E-state index contributed by atoms with van der Waals surface area (Å²) in [5.74, 6) is -1.70. The van der Waals surface area contributed by atoms with Crippen molar-refractivity contribution < 1.29 is 93.5 Å². The summed E-state index contributed by atoms with van der Waals surface area (Å²) in [5, 5.41) is 8.98. The van der Waals surface area contributed by atoms with E-state index in [-0.39, 0.29) is 98.1 Å². The fraction of sp³-hybridized carbons (Fsp3) is 0.615. The molecule has 0 spiro atoms. The van der Waals surface area contributed by atoms with Gasteiger partial charge in [-0.25, -0.2) is 13.6 Å².